The third-order valence-electron chi connectivity index (χ3n) is 3.58. The molecular weight excluding hydrogens is 340 g/mol. The van der Waals surface area contributed by atoms with E-state index in [1.807, 2.05) is 19.9 Å². The van der Waals surface area contributed by atoms with E-state index in [1.165, 1.54) is 6.07 Å². The topological polar surface area (TPSA) is 121 Å². The molecule has 4 heterocycles. The van der Waals surface area contributed by atoms with Gasteiger partial charge in [-0.1, -0.05) is 0 Å². The second kappa shape index (κ2) is 6.83. The Morgan fingerprint density at radius 3 is 1.92 bits per heavy atom. The second-order valence-electron chi connectivity index (χ2n) is 5.66. The quantitative estimate of drug-likeness (QED) is 0.476. The highest BCUT2D eigenvalue weighted by Gasteiger charge is 2.12. The zero-order valence-electron chi connectivity index (χ0n) is 14.5. The van der Waals surface area contributed by atoms with E-state index in [0.29, 0.717) is 23.5 Å². The Labute approximate surface area is 147 Å². The van der Waals surface area contributed by atoms with E-state index < -0.39 is 5.97 Å². The summed E-state index contributed by atoms with van der Waals surface area (Å²) in [5.41, 5.74) is 3.41. The molecule has 0 fully saturated rings. The number of aromatic nitrogens is 2. The van der Waals surface area contributed by atoms with E-state index in [0.717, 1.165) is 22.6 Å². The monoisotopic (exact) mass is 358 g/mol. The number of aryl methyl sites for hydroxylation is 2. The number of ether oxygens (including phenoxy) is 1. The fourth-order valence-corrected chi connectivity index (χ4v) is 2.53. The molecule has 4 aromatic rings. The first-order valence-electron chi connectivity index (χ1n) is 7.96. The number of nitrogens with one attached hydrogen (secondary N) is 2. The van der Waals surface area contributed by atoms with Gasteiger partial charge in [0.1, 0.15) is 22.9 Å². The van der Waals surface area contributed by atoms with Crippen LogP contribution in [0.4, 0.5) is 0 Å². The Bertz CT molecular complexity index is 1020. The van der Waals surface area contributed by atoms with Crippen LogP contribution in [0.5, 0.6) is 0 Å². The number of aromatic amines is 2. The largest absolute Gasteiger partial charge is 0.477 e. The number of carboxylic acid groups (broad SMARTS) is 1. The Morgan fingerprint density at radius 1 is 0.962 bits per heavy atom. The number of carboxylic acids is 1. The van der Waals surface area contributed by atoms with Crippen LogP contribution in [0.25, 0.3) is 22.2 Å². The zero-order chi connectivity index (χ0) is 18.8. The number of carbonyl (C=O) groups is 2. The summed E-state index contributed by atoms with van der Waals surface area (Å²) in [4.78, 5) is 27.4. The summed E-state index contributed by atoms with van der Waals surface area (Å²) in [5, 5.41) is 8.60. The molecule has 0 radical (unpaired) electrons. The van der Waals surface area contributed by atoms with Gasteiger partial charge in [0.25, 0.3) is 0 Å². The highest BCUT2D eigenvalue weighted by Crippen LogP contribution is 2.20. The maximum atomic E-state index is 11.3. The van der Waals surface area contributed by atoms with Crippen LogP contribution in [0, 0.1) is 13.8 Å². The van der Waals surface area contributed by atoms with E-state index in [1.54, 1.807) is 19.1 Å². The molecule has 3 N–H and O–H groups in total. The lowest BCUT2D eigenvalue weighted by Crippen LogP contribution is -2.04. The summed E-state index contributed by atoms with van der Waals surface area (Å²) in [6, 6.07) is 6.74. The fraction of sp³-hybridized carbons (Fsp3) is 0.222. The van der Waals surface area contributed by atoms with Crippen molar-refractivity contribution in [3.8, 4) is 0 Å². The maximum absolute atomic E-state index is 11.3. The summed E-state index contributed by atoms with van der Waals surface area (Å²) in [5.74, 6) is 0.269. The van der Waals surface area contributed by atoms with E-state index >= 15 is 0 Å². The summed E-state index contributed by atoms with van der Waals surface area (Å²) >= 11 is 0. The highest BCUT2D eigenvalue weighted by atomic mass is 16.5. The second-order valence-corrected chi connectivity index (χ2v) is 5.66. The van der Waals surface area contributed by atoms with Gasteiger partial charge in [0.05, 0.1) is 17.6 Å². The molecule has 8 nitrogen and oxygen atoms in total. The average Bonchev–Trinajstić information content (AvgIpc) is 3.26. The number of furan rings is 2. The van der Waals surface area contributed by atoms with Gasteiger partial charge in [0.2, 0.25) is 0 Å². The molecular formula is C18H18N2O6. The van der Waals surface area contributed by atoms with E-state index in [4.69, 9.17) is 18.7 Å². The Balaban J connectivity index is 0.000000152. The van der Waals surface area contributed by atoms with Gasteiger partial charge in [-0.2, -0.15) is 0 Å². The van der Waals surface area contributed by atoms with Gasteiger partial charge in [0, 0.05) is 24.3 Å². The number of carbonyl (C=O) groups excluding carboxylic acids is 1. The van der Waals surface area contributed by atoms with Crippen LogP contribution in [0.1, 0.15) is 39.4 Å². The van der Waals surface area contributed by atoms with Gasteiger partial charge < -0.3 is 28.6 Å². The van der Waals surface area contributed by atoms with Gasteiger partial charge >= 0.3 is 11.9 Å². The lowest BCUT2D eigenvalue weighted by atomic mass is 10.4. The molecule has 0 atom stereocenters. The number of hydrogen-bond donors (Lipinski definition) is 3. The molecule has 0 aliphatic heterocycles. The normalized spacial score (nSPS) is 10.7. The minimum Gasteiger partial charge on any atom is -0.477 e. The van der Waals surface area contributed by atoms with Crippen molar-refractivity contribution >= 4 is 34.1 Å². The molecule has 0 amide bonds. The summed E-state index contributed by atoms with van der Waals surface area (Å²) in [6.45, 7) is 5.82. The lowest BCUT2D eigenvalue weighted by molar-refractivity contribution is 0.0520. The van der Waals surface area contributed by atoms with Gasteiger partial charge in [-0.15, -0.1) is 0 Å². The van der Waals surface area contributed by atoms with Crippen LogP contribution >= 0.6 is 0 Å². The molecule has 0 aliphatic carbocycles. The smallest absolute Gasteiger partial charge is 0.354 e. The first kappa shape index (κ1) is 17.4. The third-order valence-corrected chi connectivity index (χ3v) is 3.58. The van der Waals surface area contributed by atoms with Gasteiger partial charge in [-0.05, 0) is 20.8 Å². The predicted octanol–water partition coefficient (Wildman–Crippen LogP) is 4.01. The van der Waals surface area contributed by atoms with Crippen LogP contribution in [0.2, 0.25) is 0 Å². The number of H-pyrrole nitrogens is 2. The molecule has 0 unspecified atom stereocenters. The number of rotatable bonds is 3. The molecule has 0 aromatic carbocycles. The average molecular weight is 358 g/mol. The first-order valence-corrected chi connectivity index (χ1v) is 7.96. The first-order chi connectivity index (χ1) is 12.4. The van der Waals surface area contributed by atoms with Crippen molar-refractivity contribution in [2.45, 2.75) is 20.8 Å². The minimum absolute atomic E-state index is 0.156. The van der Waals surface area contributed by atoms with Crippen molar-refractivity contribution in [1.82, 2.24) is 9.97 Å². The van der Waals surface area contributed by atoms with Gasteiger partial charge in [-0.3, -0.25) is 0 Å². The SMILES string of the molecule is CCOC(=O)c1cc2oc(C)cc2[nH]1.Cc1cc2[nH]c(C(=O)O)cc2o1. The summed E-state index contributed by atoms with van der Waals surface area (Å²) in [7, 11) is 0. The van der Waals surface area contributed by atoms with E-state index in [9.17, 15) is 9.59 Å². The van der Waals surface area contributed by atoms with Gasteiger partial charge in [0.15, 0.2) is 11.2 Å². The fourth-order valence-electron chi connectivity index (χ4n) is 2.53. The van der Waals surface area contributed by atoms with Gasteiger partial charge in [-0.25, -0.2) is 9.59 Å². The minimum atomic E-state index is -0.973. The van der Waals surface area contributed by atoms with Crippen LogP contribution in [-0.2, 0) is 4.74 Å². The molecule has 0 bridgehead atoms. The third kappa shape index (κ3) is 3.49. The van der Waals surface area contributed by atoms with Crippen LogP contribution in [-0.4, -0.2) is 33.6 Å². The molecule has 0 spiro atoms. The number of esters is 1. The predicted molar refractivity (Wildman–Crippen MR) is 93.5 cm³/mol. The Kier molecular flexibility index (Phi) is 4.57. The summed E-state index contributed by atoms with van der Waals surface area (Å²) in [6.07, 6.45) is 0. The van der Waals surface area contributed by atoms with Crippen LogP contribution in [0.3, 0.4) is 0 Å². The molecule has 8 heteroatoms. The van der Waals surface area contributed by atoms with Crippen molar-refractivity contribution in [2.24, 2.45) is 0 Å². The highest BCUT2D eigenvalue weighted by molar-refractivity contribution is 5.93. The van der Waals surface area contributed by atoms with Crippen molar-refractivity contribution < 1.29 is 28.3 Å². The molecule has 0 saturated carbocycles. The van der Waals surface area contributed by atoms with E-state index in [2.05, 4.69) is 9.97 Å². The maximum Gasteiger partial charge on any atom is 0.354 e. The molecule has 0 aliphatic rings. The van der Waals surface area contributed by atoms with Crippen LogP contribution in [0.15, 0.2) is 33.1 Å². The molecule has 136 valence electrons. The molecule has 0 saturated heterocycles. The van der Waals surface area contributed by atoms with E-state index in [-0.39, 0.29) is 11.7 Å². The Morgan fingerprint density at radius 2 is 1.46 bits per heavy atom. The zero-order valence-corrected chi connectivity index (χ0v) is 14.5. The lowest BCUT2D eigenvalue weighted by Gasteiger charge is -1.96. The number of aromatic carboxylic acids is 1. The standard InChI is InChI=1S/C10H11NO3.C8H7NO3/c1-3-13-10(12)8-5-9-7(11-8)4-6(2)14-9;1-4-2-5-7(12-4)3-6(9-5)8(10)11/h4-5,11H,3H2,1-2H3;2-3,9H,1H3,(H,10,11). The number of fused-ring (bicyclic) bond motifs is 2. The van der Waals surface area contributed by atoms with Crippen molar-refractivity contribution in [3.05, 3.63) is 47.2 Å². The van der Waals surface area contributed by atoms with Crippen LogP contribution < -0.4 is 0 Å². The molecule has 4 rings (SSSR count). The summed E-state index contributed by atoms with van der Waals surface area (Å²) < 4.78 is 15.4. The van der Waals surface area contributed by atoms with Crippen molar-refractivity contribution in [3.63, 3.8) is 0 Å². The molecule has 26 heavy (non-hydrogen) atoms. The van der Waals surface area contributed by atoms with Crippen molar-refractivity contribution in [2.75, 3.05) is 6.61 Å². The number of hydrogen-bond acceptors (Lipinski definition) is 5. The Hall–Kier alpha value is -3.42. The van der Waals surface area contributed by atoms with Crippen molar-refractivity contribution in [1.29, 1.82) is 0 Å². The molecule has 4 aromatic heterocycles.